The first kappa shape index (κ1) is 18.2. The average Bonchev–Trinajstić information content (AvgIpc) is 2.56. The molecule has 1 aliphatic rings. The van der Waals surface area contributed by atoms with Crippen molar-refractivity contribution in [3.8, 4) is 0 Å². The van der Waals surface area contributed by atoms with Crippen LogP contribution >= 0.6 is 0 Å². The summed E-state index contributed by atoms with van der Waals surface area (Å²) in [6.07, 6.45) is 17.1. The number of carbonyl (C=O) groups excluding carboxylic acids is 1. The van der Waals surface area contributed by atoms with Gasteiger partial charge in [0.1, 0.15) is 5.78 Å². The van der Waals surface area contributed by atoms with Crippen molar-refractivity contribution in [2.24, 2.45) is 5.92 Å². The maximum absolute atomic E-state index is 12.2. The van der Waals surface area contributed by atoms with Gasteiger partial charge in [-0.1, -0.05) is 88.1 Å². The van der Waals surface area contributed by atoms with Crippen molar-refractivity contribution in [3.63, 3.8) is 0 Å². The van der Waals surface area contributed by atoms with E-state index >= 15 is 0 Å². The van der Waals surface area contributed by atoms with Crippen LogP contribution in [0.3, 0.4) is 0 Å². The van der Waals surface area contributed by atoms with Gasteiger partial charge in [-0.05, 0) is 30.7 Å². The minimum atomic E-state index is 0.527. The van der Waals surface area contributed by atoms with E-state index in [1.165, 1.54) is 76.2 Å². The van der Waals surface area contributed by atoms with E-state index in [4.69, 9.17) is 0 Å². The molecule has 1 fully saturated rings. The van der Waals surface area contributed by atoms with Gasteiger partial charge in [0.25, 0.3) is 0 Å². The molecule has 1 aliphatic carbocycles. The summed E-state index contributed by atoms with van der Waals surface area (Å²) >= 11 is 0. The Hall–Kier alpha value is -1.11. The van der Waals surface area contributed by atoms with Crippen molar-refractivity contribution >= 4 is 5.78 Å². The van der Waals surface area contributed by atoms with Gasteiger partial charge in [-0.3, -0.25) is 4.79 Å². The lowest BCUT2D eigenvalue weighted by molar-refractivity contribution is -0.120. The Morgan fingerprint density at radius 3 is 2.30 bits per heavy atom. The summed E-state index contributed by atoms with van der Waals surface area (Å²) in [5.74, 6) is 1.18. The molecule has 0 heterocycles. The number of aryl methyl sites for hydroxylation is 1. The zero-order valence-corrected chi connectivity index (χ0v) is 14.8. The van der Waals surface area contributed by atoms with Crippen LogP contribution in [0.4, 0.5) is 0 Å². The summed E-state index contributed by atoms with van der Waals surface area (Å²) in [6, 6.07) is 10.8. The average molecular weight is 315 g/mol. The predicted octanol–water partition coefficient (Wildman–Crippen LogP) is 6.50. The van der Waals surface area contributed by atoms with E-state index in [1.807, 2.05) is 0 Å². The summed E-state index contributed by atoms with van der Waals surface area (Å²) in [5.41, 5.74) is 1.45. The fourth-order valence-corrected chi connectivity index (χ4v) is 3.82. The van der Waals surface area contributed by atoms with Crippen LogP contribution in [-0.4, -0.2) is 5.78 Å². The van der Waals surface area contributed by atoms with Crippen molar-refractivity contribution in [2.45, 2.75) is 89.9 Å². The van der Waals surface area contributed by atoms with Crippen LogP contribution in [0.5, 0.6) is 0 Å². The van der Waals surface area contributed by atoms with Crippen LogP contribution in [0, 0.1) is 5.92 Å². The van der Waals surface area contributed by atoms with E-state index < -0.39 is 0 Å². The van der Waals surface area contributed by atoms with Crippen LogP contribution in [0.15, 0.2) is 30.3 Å². The number of unbranched alkanes of at least 4 members (excludes halogenated alkanes) is 1. The third kappa shape index (κ3) is 8.34. The highest BCUT2D eigenvalue weighted by Crippen LogP contribution is 2.24. The monoisotopic (exact) mass is 314 g/mol. The number of benzene rings is 1. The van der Waals surface area contributed by atoms with Gasteiger partial charge in [0.15, 0.2) is 0 Å². The smallest absolute Gasteiger partial charge is 0.133 e. The third-order valence-corrected chi connectivity index (χ3v) is 5.25. The van der Waals surface area contributed by atoms with Crippen LogP contribution in [0.25, 0.3) is 0 Å². The lowest BCUT2D eigenvalue weighted by atomic mass is 9.88. The Bertz CT molecular complexity index is 423. The first-order valence-corrected chi connectivity index (χ1v) is 9.90. The fourth-order valence-electron chi connectivity index (χ4n) is 3.82. The topological polar surface area (TPSA) is 17.1 Å². The molecule has 1 heteroatoms. The van der Waals surface area contributed by atoms with E-state index in [9.17, 15) is 4.79 Å². The van der Waals surface area contributed by atoms with Gasteiger partial charge in [-0.25, -0.2) is 0 Å². The quantitative estimate of drug-likeness (QED) is 0.567. The summed E-state index contributed by atoms with van der Waals surface area (Å²) < 4.78 is 0. The molecule has 0 spiro atoms. The summed E-state index contributed by atoms with van der Waals surface area (Å²) in [6.45, 7) is 0. The SMILES string of the molecule is O=C1CCCCCCCCC[C@H](CCCCc2ccccc2)C1. The molecule has 1 aromatic carbocycles. The van der Waals surface area contributed by atoms with Gasteiger partial charge in [0.05, 0.1) is 0 Å². The molecule has 0 saturated heterocycles. The Labute approximate surface area is 142 Å². The highest BCUT2D eigenvalue weighted by molar-refractivity contribution is 5.78. The zero-order chi connectivity index (χ0) is 16.2. The Morgan fingerprint density at radius 2 is 1.52 bits per heavy atom. The Kier molecular flexibility index (Phi) is 9.06. The number of Topliss-reactive ketones (excluding diaryl/α,β-unsaturated/α-hetero) is 1. The normalized spacial score (nSPS) is 21.4. The molecule has 0 N–H and O–H groups in total. The van der Waals surface area contributed by atoms with Crippen molar-refractivity contribution in [1.29, 1.82) is 0 Å². The van der Waals surface area contributed by atoms with Crippen molar-refractivity contribution < 1.29 is 4.79 Å². The molecule has 1 aromatic rings. The Morgan fingerprint density at radius 1 is 0.826 bits per heavy atom. The second-order valence-corrected chi connectivity index (χ2v) is 7.35. The largest absolute Gasteiger partial charge is 0.300 e. The second kappa shape index (κ2) is 11.4. The van der Waals surface area contributed by atoms with Crippen LogP contribution in [0.2, 0.25) is 0 Å². The number of rotatable bonds is 5. The molecule has 0 radical (unpaired) electrons. The van der Waals surface area contributed by atoms with E-state index in [2.05, 4.69) is 30.3 Å². The number of hydrogen-bond donors (Lipinski definition) is 0. The molecule has 1 atom stereocenters. The van der Waals surface area contributed by atoms with Gasteiger partial charge in [-0.15, -0.1) is 0 Å². The predicted molar refractivity (Wildman–Crippen MR) is 98.7 cm³/mol. The van der Waals surface area contributed by atoms with Crippen LogP contribution in [0.1, 0.15) is 89.0 Å². The molecule has 1 saturated carbocycles. The maximum Gasteiger partial charge on any atom is 0.133 e. The zero-order valence-electron chi connectivity index (χ0n) is 14.8. The van der Waals surface area contributed by atoms with Gasteiger partial charge in [-0.2, -0.15) is 0 Å². The minimum absolute atomic E-state index is 0.527. The van der Waals surface area contributed by atoms with Crippen LogP contribution in [-0.2, 0) is 11.2 Å². The molecule has 128 valence electrons. The first-order valence-electron chi connectivity index (χ1n) is 9.90. The molecule has 0 aromatic heterocycles. The highest BCUT2D eigenvalue weighted by atomic mass is 16.1. The number of carbonyl (C=O) groups is 1. The van der Waals surface area contributed by atoms with Crippen molar-refractivity contribution in [2.75, 3.05) is 0 Å². The van der Waals surface area contributed by atoms with E-state index in [1.54, 1.807) is 0 Å². The van der Waals surface area contributed by atoms with Crippen LogP contribution < -0.4 is 0 Å². The lowest BCUT2D eigenvalue weighted by Crippen LogP contribution is -2.10. The van der Waals surface area contributed by atoms with Crippen molar-refractivity contribution in [1.82, 2.24) is 0 Å². The van der Waals surface area contributed by atoms with Gasteiger partial charge >= 0.3 is 0 Å². The molecule has 0 bridgehead atoms. The number of ketones is 1. The van der Waals surface area contributed by atoms with E-state index in [0.717, 1.165) is 19.3 Å². The lowest BCUT2D eigenvalue weighted by Gasteiger charge is -2.17. The van der Waals surface area contributed by atoms with Gasteiger partial charge in [0.2, 0.25) is 0 Å². The third-order valence-electron chi connectivity index (χ3n) is 5.25. The summed E-state index contributed by atoms with van der Waals surface area (Å²) in [7, 11) is 0. The maximum atomic E-state index is 12.2. The molecule has 1 nitrogen and oxygen atoms in total. The van der Waals surface area contributed by atoms with Gasteiger partial charge in [0, 0.05) is 12.8 Å². The molecular formula is C22H34O. The van der Waals surface area contributed by atoms with E-state index in [0.29, 0.717) is 11.7 Å². The fraction of sp³-hybridized carbons (Fsp3) is 0.682. The standard InChI is InChI=1S/C22H34O/c23-22-18-10-5-3-1-2-4-7-16-21(19-22)17-12-11-15-20-13-8-6-9-14-20/h6,8-9,13-14,21H,1-5,7,10-12,15-19H2/t21-/m1/s1. The molecular weight excluding hydrogens is 280 g/mol. The molecule has 0 unspecified atom stereocenters. The number of hydrogen-bond acceptors (Lipinski definition) is 1. The molecule has 2 rings (SSSR count). The minimum Gasteiger partial charge on any atom is -0.300 e. The first-order chi connectivity index (χ1) is 11.3. The molecule has 0 amide bonds. The highest BCUT2D eigenvalue weighted by Gasteiger charge is 2.14. The summed E-state index contributed by atoms with van der Waals surface area (Å²) in [5, 5.41) is 0. The summed E-state index contributed by atoms with van der Waals surface area (Å²) in [4.78, 5) is 12.2. The molecule has 23 heavy (non-hydrogen) atoms. The second-order valence-electron chi connectivity index (χ2n) is 7.35. The van der Waals surface area contributed by atoms with Gasteiger partial charge < -0.3 is 0 Å². The Balaban J connectivity index is 1.69. The van der Waals surface area contributed by atoms with E-state index in [-0.39, 0.29) is 0 Å². The molecule has 0 aliphatic heterocycles. The van der Waals surface area contributed by atoms with Crippen molar-refractivity contribution in [3.05, 3.63) is 35.9 Å².